The van der Waals surface area contributed by atoms with Gasteiger partial charge in [-0.3, -0.25) is 4.90 Å². The van der Waals surface area contributed by atoms with E-state index in [-0.39, 0.29) is 24.4 Å². The Bertz CT molecular complexity index is 836. The van der Waals surface area contributed by atoms with E-state index in [4.69, 9.17) is 21.1 Å². The normalized spacial score (nSPS) is 22.1. The molecule has 0 N–H and O–H groups in total. The molecular weight excluding hydrogens is 418 g/mol. The molecule has 2 saturated heterocycles. The highest BCUT2D eigenvalue weighted by molar-refractivity contribution is 8.00. The minimum Gasteiger partial charge on any atom is -0.399 e. The number of carbonyl (C=O) groups is 3. The number of hydrogen-bond donors (Lipinski definition) is 0. The van der Waals surface area contributed by atoms with Gasteiger partial charge in [-0.25, -0.2) is 19.3 Å². The molecule has 1 spiro atoms. The van der Waals surface area contributed by atoms with Crippen LogP contribution in [0.3, 0.4) is 0 Å². The lowest BCUT2D eigenvalue weighted by molar-refractivity contribution is -0.285. The number of carbonyl (C=O) groups excluding carboxylic acids is 3. The van der Waals surface area contributed by atoms with Crippen LogP contribution in [0.2, 0.25) is 5.02 Å². The largest absolute Gasteiger partial charge is 0.399 e. The van der Waals surface area contributed by atoms with E-state index in [9.17, 15) is 14.4 Å². The molecule has 0 saturated carbocycles. The molecular formula is C19H20ClN3O5S. The summed E-state index contributed by atoms with van der Waals surface area (Å²) in [7, 11) is 1.81. The van der Waals surface area contributed by atoms with Crippen LogP contribution in [0.1, 0.15) is 0 Å². The van der Waals surface area contributed by atoms with E-state index in [1.165, 1.54) is 4.90 Å². The maximum Gasteiger partial charge on any atom is 0.359 e. The Morgan fingerprint density at radius 3 is 2.34 bits per heavy atom. The van der Waals surface area contributed by atoms with Crippen molar-refractivity contribution in [3.63, 3.8) is 0 Å². The average Bonchev–Trinajstić information content (AvgIpc) is 2.77. The van der Waals surface area contributed by atoms with Gasteiger partial charge in [0, 0.05) is 53.5 Å². The Kier molecular flexibility index (Phi) is 5.46. The number of thioether (sulfide) groups is 1. The molecule has 0 unspecified atom stereocenters. The first-order chi connectivity index (χ1) is 13.8. The van der Waals surface area contributed by atoms with Gasteiger partial charge in [-0.15, -0.1) is 11.8 Å². The Morgan fingerprint density at radius 1 is 1.10 bits per heavy atom. The first-order valence-corrected chi connectivity index (χ1v) is 10.4. The van der Waals surface area contributed by atoms with Gasteiger partial charge < -0.3 is 14.4 Å². The highest BCUT2D eigenvalue weighted by Crippen LogP contribution is 2.33. The van der Waals surface area contributed by atoms with Crippen LogP contribution in [-0.4, -0.2) is 83.6 Å². The highest BCUT2D eigenvalue weighted by Gasteiger charge is 2.53. The number of halogens is 1. The lowest BCUT2D eigenvalue weighted by Gasteiger charge is -2.49. The summed E-state index contributed by atoms with van der Waals surface area (Å²) in [4.78, 5) is 43.1. The van der Waals surface area contributed by atoms with E-state index in [1.807, 2.05) is 36.2 Å². The van der Waals surface area contributed by atoms with Crippen LogP contribution in [0, 0.1) is 0 Å². The van der Waals surface area contributed by atoms with Crippen molar-refractivity contribution in [2.45, 2.75) is 16.1 Å². The molecule has 154 valence electrons. The molecule has 1 aromatic carbocycles. The number of esters is 2. The van der Waals surface area contributed by atoms with Gasteiger partial charge in [0.2, 0.25) is 0 Å². The van der Waals surface area contributed by atoms with Gasteiger partial charge in [-0.2, -0.15) is 0 Å². The molecule has 0 radical (unpaired) electrons. The Morgan fingerprint density at radius 2 is 1.72 bits per heavy atom. The fraction of sp³-hybridized carbons (Fsp3) is 0.421. The average molecular weight is 438 g/mol. The van der Waals surface area contributed by atoms with Crippen molar-refractivity contribution in [1.82, 2.24) is 14.7 Å². The second-order valence-corrected chi connectivity index (χ2v) is 8.97. The van der Waals surface area contributed by atoms with Gasteiger partial charge >= 0.3 is 23.9 Å². The Hall–Kier alpha value is -2.23. The third kappa shape index (κ3) is 4.22. The number of hydrogen-bond acceptors (Lipinski definition) is 7. The number of ether oxygens (including phenoxy) is 2. The molecule has 0 atom stereocenters. The molecule has 8 nitrogen and oxygen atoms in total. The number of likely N-dealkylation sites (N-methyl/N-ethyl adjacent to an activating group) is 1. The van der Waals surface area contributed by atoms with Crippen LogP contribution < -0.4 is 0 Å². The molecule has 2 amide bonds. The van der Waals surface area contributed by atoms with Gasteiger partial charge in [0.05, 0.1) is 6.54 Å². The molecule has 4 rings (SSSR count). The number of nitrogens with zero attached hydrogens (tertiary/aromatic N) is 3. The van der Waals surface area contributed by atoms with Gasteiger partial charge in [-0.1, -0.05) is 11.6 Å². The zero-order valence-electron chi connectivity index (χ0n) is 15.7. The van der Waals surface area contributed by atoms with Crippen LogP contribution >= 0.6 is 23.4 Å². The Balaban J connectivity index is 1.44. The number of piperazine rings is 1. The van der Waals surface area contributed by atoms with Gasteiger partial charge in [0.25, 0.3) is 0 Å². The summed E-state index contributed by atoms with van der Waals surface area (Å²) < 4.78 is 10.8. The van der Waals surface area contributed by atoms with E-state index in [0.717, 1.165) is 17.0 Å². The number of rotatable bonds is 2. The first kappa shape index (κ1) is 20.1. The molecule has 10 heteroatoms. The Labute approximate surface area is 177 Å². The number of benzene rings is 1. The standard InChI is InChI=1S/C19H20ClN3O5S/c1-21-8-9-23(19(12-21)27-16(24)6-7-17(25)28-19)18(26)22-10-15(11-22)29-14-4-2-13(20)3-5-14/h2-7,15H,8-12H2,1H3. The van der Waals surface area contributed by atoms with E-state index in [2.05, 4.69) is 0 Å². The van der Waals surface area contributed by atoms with Gasteiger partial charge in [0.15, 0.2) is 0 Å². The summed E-state index contributed by atoms with van der Waals surface area (Å²) >= 11 is 7.59. The minimum atomic E-state index is -1.75. The molecule has 0 bridgehead atoms. The SMILES string of the molecule is CN1CCN(C(=O)N2CC(Sc3ccc(Cl)cc3)C2)C2(C1)OC(=O)C=CC(=O)O2. The summed E-state index contributed by atoms with van der Waals surface area (Å²) in [5.41, 5.74) is 0. The lowest BCUT2D eigenvalue weighted by Crippen LogP contribution is -2.70. The number of amides is 2. The second kappa shape index (κ2) is 7.89. The monoisotopic (exact) mass is 437 g/mol. The van der Waals surface area contributed by atoms with Crippen molar-refractivity contribution in [3.8, 4) is 0 Å². The van der Waals surface area contributed by atoms with Crippen molar-refractivity contribution in [1.29, 1.82) is 0 Å². The van der Waals surface area contributed by atoms with Crippen molar-refractivity contribution in [2.75, 3.05) is 39.8 Å². The number of likely N-dealkylation sites (tertiary alicyclic amines) is 1. The predicted octanol–water partition coefficient (Wildman–Crippen LogP) is 1.79. The maximum absolute atomic E-state index is 13.1. The molecule has 3 heterocycles. The van der Waals surface area contributed by atoms with E-state index < -0.39 is 17.8 Å². The zero-order chi connectivity index (χ0) is 20.6. The molecule has 3 aliphatic rings. The summed E-state index contributed by atoms with van der Waals surface area (Å²) in [6.07, 6.45) is 2.02. The van der Waals surface area contributed by atoms with Crippen LogP contribution in [0.5, 0.6) is 0 Å². The smallest absolute Gasteiger partial charge is 0.359 e. The molecule has 3 aliphatic heterocycles. The fourth-order valence-corrected chi connectivity index (χ4v) is 4.76. The second-order valence-electron chi connectivity index (χ2n) is 7.16. The molecule has 2 fully saturated rings. The van der Waals surface area contributed by atoms with E-state index in [1.54, 1.807) is 16.7 Å². The van der Waals surface area contributed by atoms with E-state index in [0.29, 0.717) is 24.7 Å². The van der Waals surface area contributed by atoms with Crippen LogP contribution in [0.15, 0.2) is 41.3 Å². The van der Waals surface area contributed by atoms with Crippen LogP contribution in [0.25, 0.3) is 0 Å². The van der Waals surface area contributed by atoms with Crippen molar-refractivity contribution in [3.05, 3.63) is 41.4 Å². The molecule has 0 aliphatic carbocycles. The fourth-order valence-electron chi connectivity index (χ4n) is 3.45. The highest BCUT2D eigenvalue weighted by atomic mass is 35.5. The van der Waals surface area contributed by atoms with E-state index >= 15 is 0 Å². The molecule has 1 aromatic rings. The third-order valence-electron chi connectivity index (χ3n) is 4.93. The summed E-state index contributed by atoms with van der Waals surface area (Å²) in [6.45, 7) is 2.05. The zero-order valence-corrected chi connectivity index (χ0v) is 17.3. The minimum absolute atomic E-state index is 0.0920. The summed E-state index contributed by atoms with van der Waals surface area (Å²) in [5.74, 6) is -3.19. The van der Waals surface area contributed by atoms with Gasteiger partial charge in [-0.05, 0) is 31.3 Å². The third-order valence-corrected chi connectivity index (χ3v) is 6.36. The lowest BCUT2D eigenvalue weighted by atomic mass is 10.2. The van der Waals surface area contributed by atoms with Gasteiger partial charge in [0.1, 0.15) is 0 Å². The van der Waals surface area contributed by atoms with Crippen molar-refractivity contribution >= 4 is 41.3 Å². The maximum atomic E-state index is 13.1. The molecule has 29 heavy (non-hydrogen) atoms. The quantitative estimate of drug-likeness (QED) is 0.652. The van der Waals surface area contributed by atoms with Crippen molar-refractivity contribution < 1.29 is 23.9 Å². The first-order valence-electron chi connectivity index (χ1n) is 9.16. The number of urea groups is 1. The summed E-state index contributed by atoms with van der Waals surface area (Å²) in [6, 6.07) is 7.26. The summed E-state index contributed by atoms with van der Waals surface area (Å²) in [5, 5.41) is 0.937. The topological polar surface area (TPSA) is 79.4 Å². The molecule has 0 aromatic heterocycles. The van der Waals surface area contributed by atoms with Crippen molar-refractivity contribution in [2.24, 2.45) is 0 Å². The van der Waals surface area contributed by atoms with Crippen LogP contribution in [-0.2, 0) is 19.1 Å². The van der Waals surface area contributed by atoms with Crippen LogP contribution in [0.4, 0.5) is 4.79 Å². The predicted molar refractivity (Wildman–Crippen MR) is 106 cm³/mol.